The van der Waals surface area contributed by atoms with E-state index in [9.17, 15) is 9.18 Å². The number of rotatable bonds is 7. The molecule has 0 radical (unpaired) electrons. The van der Waals surface area contributed by atoms with E-state index in [-0.39, 0.29) is 18.3 Å². The molecule has 0 fully saturated rings. The zero-order valence-corrected chi connectivity index (χ0v) is 14.5. The normalized spacial score (nSPS) is 11.8. The summed E-state index contributed by atoms with van der Waals surface area (Å²) in [5, 5.41) is 18.4. The standard InChI is InChI=1S/C18H20FN3OS/c1-12(2)9-16(18(23)21-8-7-20)22-17-11-24-10-15(17)13-3-5-14(19)6-4-13/h3-6,10-12,16,22H,8-9H2,1-2H3,(H,21,23)/t16-/m0/s1. The molecule has 6 heteroatoms. The van der Waals surface area contributed by atoms with Crippen LogP contribution in [0.4, 0.5) is 10.1 Å². The van der Waals surface area contributed by atoms with Gasteiger partial charge in [0.25, 0.3) is 0 Å². The van der Waals surface area contributed by atoms with Gasteiger partial charge in [0.1, 0.15) is 18.4 Å². The van der Waals surface area contributed by atoms with Crippen molar-refractivity contribution < 1.29 is 9.18 Å². The molecule has 0 saturated carbocycles. The third-order valence-corrected chi connectivity index (χ3v) is 4.26. The highest BCUT2D eigenvalue weighted by Crippen LogP contribution is 2.32. The van der Waals surface area contributed by atoms with Crippen molar-refractivity contribution in [3.05, 3.63) is 40.8 Å². The van der Waals surface area contributed by atoms with E-state index in [1.807, 2.05) is 30.7 Å². The second kappa shape index (κ2) is 8.46. The Balaban J connectivity index is 2.20. The SMILES string of the molecule is CC(C)C[C@H](Nc1cscc1-c1ccc(F)cc1)C(=O)NCC#N. The molecule has 126 valence electrons. The number of hydrogen-bond donors (Lipinski definition) is 2. The number of nitrogens with one attached hydrogen (secondary N) is 2. The summed E-state index contributed by atoms with van der Waals surface area (Å²) < 4.78 is 13.1. The van der Waals surface area contributed by atoms with E-state index in [1.165, 1.54) is 23.5 Å². The molecule has 2 N–H and O–H groups in total. The van der Waals surface area contributed by atoms with Gasteiger partial charge in [0.2, 0.25) is 5.91 Å². The Labute approximate surface area is 145 Å². The first-order valence-electron chi connectivity index (χ1n) is 7.74. The second-order valence-corrected chi connectivity index (χ2v) is 6.65. The first-order chi connectivity index (χ1) is 11.5. The van der Waals surface area contributed by atoms with Gasteiger partial charge in [-0.3, -0.25) is 4.79 Å². The maximum absolute atomic E-state index is 13.1. The summed E-state index contributed by atoms with van der Waals surface area (Å²) in [6.07, 6.45) is 0.649. The Hall–Kier alpha value is -2.39. The zero-order chi connectivity index (χ0) is 17.5. The van der Waals surface area contributed by atoms with Crippen LogP contribution >= 0.6 is 11.3 Å². The van der Waals surface area contributed by atoms with Crippen molar-refractivity contribution in [2.24, 2.45) is 5.92 Å². The molecule has 0 bridgehead atoms. The Bertz CT molecular complexity index is 719. The molecule has 4 nitrogen and oxygen atoms in total. The van der Waals surface area contributed by atoms with Crippen LogP contribution in [0.5, 0.6) is 0 Å². The summed E-state index contributed by atoms with van der Waals surface area (Å²) in [7, 11) is 0. The fraction of sp³-hybridized carbons (Fsp3) is 0.333. The van der Waals surface area contributed by atoms with Crippen molar-refractivity contribution in [3.63, 3.8) is 0 Å². The maximum atomic E-state index is 13.1. The largest absolute Gasteiger partial charge is 0.372 e. The van der Waals surface area contributed by atoms with Gasteiger partial charge in [0.15, 0.2) is 0 Å². The third kappa shape index (κ3) is 4.80. The molecule has 2 rings (SSSR count). The lowest BCUT2D eigenvalue weighted by Crippen LogP contribution is -2.40. The molecule has 1 heterocycles. The summed E-state index contributed by atoms with van der Waals surface area (Å²) in [6, 6.07) is 7.76. The van der Waals surface area contributed by atoms with Crippen LogP contribution in [0, 0.1) is 23.1 Å². The average Bonchev–Trinajstić information content (AvgIpc) is 3.00. The van der Waals surface area contributed by atoms with Crippen LogP contribution in [0.1, 0.15) is 20.3 Å². The fourth-order valence-electron chi connectivity index (χ4n) is 2.40. The number of carbonyl (C=O) groups excluding carboxylic acids is 1. The van der Waals surface area contributed by atoms with Gasteiger partial charge in [0.05, 0.1) is 11.8 Å². The molecule has 1 atom stereocenters. The first-order valence-corrected chi connectivity index (χ1v) is 8.69. The molecule has 2 aromatic rings. The predicted octanol–water partition coefficient (Wildman–Crippen LogP) is 4.02. The van der Waals surface area contributed by atoms with Gasteiger partial charge in [-0.25, -0.2) is 4.39 Å². The Morgan fingerprint density at radius 1 is 1.29 bits per heavy atom. The van der Waals surface area contributed by atoms with Crippen molar-refractivity contribution in [3.8, 4) is 17.2 Å². The smallest absolute Gasteiger partial charge is 0.243 e. The average molecular weight is 345 g/mol. The number of nitriles is 1. The van der Waals surface area contributed by atoms with E-state index >= 15 is 0 Å². The van der Waals surface area contributed by atoms with Gasteiger partial charge in [-0.05, 0) is 30.0 Å². The van der Waals surface area contributed by atoms with E-state index in [1.54, 1.807) is 12.1 Å². The van der Waals surface area contributed by atoms with E-state index in [2.05, 4.69) is 10.6 Å². The fourth-order valence-corrected chi connectivity index (χ4v) is 3.20. The van der Waals surface area contributed by atoms with Crippen LogP contribution in [-0.4, -0.2) is 18.5 Å². The number of anilines is 1. The number of thiophene rings is 1. The van der Waals surface area contributed by atoms with Crippen LogP contribution in [-0.2, 0) is 4.79 Å². The molecule has 0 saturated heterocycles. The second-order valence-electron chi connectivity index (χ2n) is 5.91. The van der Waals surface area contributed by atoms with Gasteiger partial charge in [-0.15, -0.1) is 11.3 Å². The van der Waals surface area contributed by atoms with E-state index < -0.39 is 6.04 Å². The van der Waals surface area contributed by atoms with Crippen molar-refractivity contribution in [1.29, 1.82) is 5.26 Å². The number of halogens is 1. The number of hydrogen-bond acceptors (Lipinski definition) is 4. The van der Waals surface area contributed by atoms with Gasteiger partial charge < -0.3 is 10.6 Å². The number of amides is 1. The lowest BCUT2D eigenvalue weighted by atomic mass is 10.0. The Kier molecular flexibility index (Phi) is 6.33. The van der Waals surface area contributed by atoms with E-state index in [0.29, 0.717) is 12.3 Å². The number of nitrogens with zero attached hydrogens (tertiary/aromatic N) is 1. The summed E-state index contributed by atoms with van der Waals surface area (Å²) in [5.41, 5.74) is 2.66. The van der Waals surface area contributed by atoms with Gasteiger partial charge in [0, 0.05) is 16.3 Å². The number of carbonyl (C=O) groups is 1. The Morgan fingerprint density at radius 2 is 2.00 bits per heavy atom. The van der Waals surface area contributed by atoms with Crippen molar-refractivity contribution >= 4 is 22.9 Å². The van der Waals surface area contributed by atoms with Crippen LogP contribution in [0.25, 0.3) is 11.1 Å². The molecule has 0 aliphatic heterocycles. The summed E-state index contributed by atoms with van der Waals surface area (Å²) in [5.74, 6) is -0.151. The molecule has 0 aliphatic carbocycles. The molecule has 1 amide bonds. The van der Waals surface area contributed by atoms with Crippen LogP contribution in [0.3, 0.4) is 0 Å². The summed E-state index contributed by atoms with van der Waals surface area (Å²) in [6.45, 7) is 4.07. The minimum atomic E-state index is -0.424. The van der Waals surface area contributed by atoms with E-state index in [4.69, 9.17) is 5.26 Å². The van der Waals surface area contributed by atoms with Crippen LogP contribution < -0.4 is 10.6 Å². The molecule has 24 heavy (non-hydrogen) atoms. The maximum Gasteiger partial charge on any atom is 0.243 e. The minimum Gasteiger partial charge on any atom is -0.372 e. The van der Waals surface area contributed by atoms with E-state index in [0.717, 1.165) is 16.8 Å². The Morgan fingerprint density at radius 3 is 2.62 bits per heavy atom. The van der Waals surface area contributed by atoms with Crippen molar-refractivity contribution in [2.75, 3.05) is 11.9 Å². The van der Waals surface area contributed by atoms with Crippen molar-refractivity contribution in [1.82, 2.24) is 5.32 Å². The monoisotopic (exact) mass is 345 g/mol. The van der Waals surface area contributed by atoms with Crippen LogP contribution in [0.15, 0.2) is 35.0 Å². The lowest BCUT2D eigenvalue weighted by molar-refractivity contribution is -0.121. The predicted molar refractivity (Wildman–Crippen MR) is 95.2 cm³/mol. The highest BCUT2D eigenvalue weighted by Gasteiger charge is 2.21. The van der Waals surface area contributed by atoms with Gasteiger partial charge in [-0.1, -0.05) is 26.0 Å². The molecular weight excluding hydrogens is 325 g/mol. The molecule has 1 aromatic heterocycles. The molecule has 0 aliphatic rings. The molecule has 1 aromatic carbocycles. The summed E-state index contributed by atoms with van der Waals surface area (Å²) >= 11 is 1.52. The molecule has 0 spiro atoms. The molecule has 0 unspecified atom stereocenters. The molecular formula is C18H20FN3OS. The summed E-state index contributed by atoms with van der Waals surface area (Å²) in [4.78, 5) is 12.3. The minimum absolute atomic E-state index is 0.0104. The number of benzene rings is 1. The topological polar surface area (TPSA) is 64.9 Å². The van der Waals surface area contributed by atoms with Gasteiger partial charge in [-0.2, -0.15) is 5.26 Å². The zero-order valence-electron chi connectivity index (χ0n) is 13.7. The van der Waals surface area contributed by atoms with Crippen molar-refractivity contribution in [2.45, 2.75) is 26.3 Å². The van der Waals surface area contributed by atoms with Crippen LogP contribution in [0.2, 0.25) is 0 Å². The lowest BCUT2D eigenvalue weighted by Gasteiger charge is -2.21. The quantitative estimate of drug-likeness (QED) is 0.745. The highest BCUT2D eigenvalue weighted by atomic mass is 32.1. The first kappa shape index (κ1) is 18.0. The van der Waals surface area contributed by atoms with Gasteiger partial charge >= 0.3 is 0 Å². The highest BCUT2D eigenvalue weighted by molar-refractivity contribution is 7.08. The third-order valence-electron chi connectivity index (χ3n) is 3.51.